The molecule has 0 aliphatic heterocycles. The molecule has 9 heteroatoms. The second-order valence-corrected chi connectivity index (χ2v) is 7.61. The number of pyridine rings is 1. The number of hydrogen-bond acceptors (Lipinski definition) is 6. The summed E-state index contributed by atoms with van der Waals surface area (Å²) in [5.74, 6) is 1.63. The molecule has 0 fully saturated rings. The summed E-state index contributed by atoms with van der Waals surface area (Å²) in [5, 5.41) is 9.94. The van der Waals surface area contributed by atoms with E-state index >= 15 is 0 Å². The van der Waals surface area contributed by atoms with Crippen LogP contribution in [0.4, 0.5) is 0 Å². The molecule has 0 aliphatic carbocycles. The maximum Gasteiger partial charge on any atom is 0.240 e. The molecular weight excluding hydrogens is 438 g/mol. The van der Waals surface area contributed by atoms with E-state index in [1.807, 2.05) is 66.7 Å². The van der Waals surface area contributed by atoms with Gasteiger partial charge in [-0.25, -0.2) is 4.98 Å². The molecule has 4 aromatic rings. The fourth-order valence-corrected chi connectivity index (χ4v) is 3.39. The monoisotopic (exact) mass is 461 g/mol. The molecule has 0 radical (unpaired) electrons. The lowest BCUT2D eigenvalue weighted by Crippen LogP contribution is -2.27. The molecule has 33 heavy (non-hydrogen) atoms. The summed E-state index contributed by atoms with van der Waals surface area (Å²) in [5.41, 5.74) is 2.76. The van der Waals surface area contributed by atoms with Crippen LogP contribution in [0.25, 0.3) is 11.4 Å². The van der Waals surface area contributed by atoms with Gasteiger partial charge in [0.1, 0.15) is 18.9 Å². The zero-order valence-corrected chi connectivity index (χ0v) is 18.8. The number of H-pyrrole nitrogens is 1. The molecule has 0 spiro atoms. The van der Waals surface area contributed by atoms with E-state index in [0.717, 1.165) is 22.4 Å². The van der Waals surface area contributed by atoms with Crippen molar-refractivity contribution in [3.63, 3.8) is 0 Å². The summed E-state index contributed by atoms with van der Waals surface area (Å²) in [6.45, 7) is 0.807. The van der Waals surface area contributed by atoms with E-state index in [-0.39, 0.29) is 12.5 Å². The fourth-order valence-electron chi connectivity index (χ4n) is 3.20. The third kappa shape index (κ3) is 5.83. The first kappa shape index (κ1) is 22.2. The average Bonchev–Trinajstić information content (AvgIpc) is 3.22. The molecule has 0 aliphatic rings. The number of benzene rings is 2. The minimum atomic E-state index is -0.189. The molecule has 2 N–H and O–H groups in total. The normalized spacial score (nSPS) is 10.6. The Bertz CT molecular complexity index is 1270. The third-order valence-electron chi connectivity index (χ3n) is 4.93. The molecule has 0 bridgehead atoms. The number of carbonyl (C=O) groups excluding carboxylic acids is 1. The van der Waals surface area contributed by atoms with Crippen molar-refractivity contribution >= 4 is 18.1 Å². The minimum absolute atomic E-state index is 0.0408. The Labute approximate surface area is 196 Å². The van der Waals surface area contributed by atoms with E-state index in [1.165, 1.54) is 0 Å². The van der Waals surface area contributed by atoms with Crippen molar-refractivity contribution in [1.29, 1.82) is 0 Å². The van der Waals surface area contributed by atoms with E-state index in [1.54, 1.807) is 17.9 Å². The molecule has 8 nitrogen and oxygen atoms in total. The number of nitrogens with one attached hydrogen (secondary N) is 2. The maximum absolute atomic E-state index is 12.6. The summed E-state index contributed by atoms with van der Waals surface area (Å²) < 4.78 is 13.0. The smallest absolute Gasteiger partial charge is 0.240 e. The van der Waals surface area contributed by atoms with Crippen molar-refractivity contribution in [1.82, 2.24) is 25.1 Å². The first-order valence-electron chi connectivity index (χ1n) is 10.3. The van der Waals surface area contributed by atoms with Crippen LogP contribution in [0.2, 0.25) is 0 Å². The van der Waals surface area contributed by atoms with Gasteiger partial charge in [0.2, 0.25) is 11.8 Å². The number of ether oxygens (including phenoxy) is 2. The second-order valence-electron chi connectivity index (χ2n) is 7.22. The van der Waals surface area contributed by atoms with Crippen molar-refractivity contribution in [2.45, 2.75) is 19.7 Å². The average molecular weight is 462 g/mol. The van der Waals surface area contributed by atoms with E-state index in [4.69, 9.17) is 21.7 Å². The van der Waals surface area contributed by atoms with Gasteiger partial charge in [-0.2, -0.15) is 5.10 Å². The van der Waals surface area contributed by atoms with Gasteiger partial charge in [0.15, 0.2) is 10.6 Å². The van der Waals surface area contributed by atoms with Gasteiger partial charge in [0, 0.05) is 24.4 Å². The molecule has 1 amide bonds. The number of rotatable bonds is 9. The van der Waals surface area contributed by atoms with E-state index in [2.05, 4.69) is 20.5 Å². The quantitative estimate of drug-likeness (QED) is 0.367. The summed E-state index contributed by atoms with van der Waals surface area (Å²) in [4.78, 5) is 16.9. The predicted molar refractivity (Wildman–Crippen MR) is 126 cm³/mol. The summed E-state index contributed by atoms with van der Waals surface area (Å²) in [7, 11) is 1.61. The third-order valence-corrected chi connectivity index (χ3v) is 5.24. The van der Waals surface area contributed by atoms with E-state index < -0.39 is 0 Å². The van der Waals surface area contributed by atoms with Crippen LogP contribution in [0.15, 0.2) is 72.9 Å². The summed E-state index contributed by atoms with van der Waals surface area (Å²) in [6.07, 6.45) is 1.66. The largest absolute Gasteiger partial charge is 0.497 e. The zero-order valence-electron chi connectivity index (χ0n) is 18.0. The Kier molecular flexibility index (Phi) is 7.11. The van der Waals surface area contributed by atoms with Crippen molar-refractivity contribution in [3.05, 3.63) is 88.8 Å². The number of carbonyl (C=O) groups is 1. The van der Waals surface area contributed by atoms with Crippen LogP contribution in [-0.2, 0) is 24.5 Å². The van der Waals surface area contributed by atoms with Crippen LogP contribution >= 0.6 is 12.2 Å². The number of methoxy groups -OCH3 is 1. The number of amides is 1. The van der Waals surface area contributed by atoms with Gasteiger partial charge in [-0.3, -0.25) is 14.5 Å². The minimum Gasteiger partial charge on any atom is -0.497 e. The molecule has 2 aromatic carbocycles. The predicted octanol–water partition coefficient (Wildman–Crippen LogP) is 3.91. The lowest BCUT2D eigenvalue weighted by Gasteiger charge is -2.10. The van der Waals surface area contributed by atoms with Crippen LogP contribution in [0.1, 0.15) is 11.1 Å². The van der Waals surface area contributed by atoms with Crippen LogP contribution in [-0.4, -0.2) is 32.8 Å². The molecular formula is C24H23N5O3S. The Hall–Kier alpha value is -3.98. The van der Waals surface area contributed by atoms with E-state index in [0.29, 0.717) is 29.6 Å². The van der Waals surface area contributed by atoms with Gasteiger partial charge in [0.25, 0.3) is 0 Å². The summed E-state index contributed by atoms with van der Waals surface area (Å²) >= 11 is 5.32. The van der Waals surface area contributed by atoms with Gasteiger partial charge in [-0.1, -0.05) is 30.3 Å². The highest BCUT2D eigenvalue weighted by Crippen LogP contribution is 2.21. The zero-order chi connectivity index (χ0) is 23.0. The lowest BCUT2D eigenvalue weighted by atomic mass is 10.2. The van der Waals surface area contributed by atoms with Crippen molar-refractivity contribution in [3.8, 4) is 23.0 Å². The Morgan fingerprint density at radius 1 is 1.09 bits per heavy atom. The van der Waals surface area contributed by atoms with Gasteiger partial charge < -0.3 is 14.8 Å². The molecule has 2 heterocycles. The number of aromatic nitrogens is 4. The first-order chi connectivity index (χ1) is 16.1. The fraction of sp³-hybridized carbons (Fsp3) is 0.167. The topological polar surface area (TPSA) is 94.1 Å². The SMILES string of the molecule is COc1ccc(-c2n[nH]c(=S)n2CC(=O)NCc2ccnc(OCc3ccccc3)c2)cc1. The molecule has 0 atom stereocenters. The van der Waals surface area contributed by atoms with Crippen LogP contribution in [0, 0.1) is 4.77 Å². The Balaban J connectivity index is 1.36. The number of aromatic amines is 1. The standard InChI is InChI=1S/C24H23N5O3S/c1-31-20-9-7-19(8-10-20)23-27-28-24(33)29(23)15-21(30)26-14-18-11-12-25-22(13-18)32-16-17-5-3-2-4-6-17/h2-13H,14-16H2,1H3,(H,26,30)(H,28,33). The Morgan fingerprint density at radius 3 is 2.64 bits per heavy atom. The van der Waals surface area contributed by atoms with Crippen LogP contribution in [0.5, 0.6) is 11.6 Å². The van der Waals surface area contributed by atoms with Crippen LogP contribution in [0.3, 0.4) is 0 Å². The van der Waals surface area contributed by atoms with Gasteiger partial charge >= 0.3 is 0 Å². The molecule has 168 valence electrons. The van der Waals surface area contributed by atoms with Gasteiger partial charge in [0.05, 0.1) is 7.11 Å². The van der Waals surface area contributed by atoms with E-state index in [9.17, 15) is 4.79 Å². The molecule has 0 saturated carbocycles. The highest BCUT2D eigenvalue weighted by atomic mass is 32.1. The highest BCUT2D eigenvalue weighted by molar-refractivity contribution is 7.71. The van der Waals surface area contributed by atoms with Crippen molar-refractivity contribution in [2.75, 3.05) is 7.11 Å². The molecule has 0 unspecified atom stereocenters. The van der Waals surface area contributed by atoms with Crippen molar-refractivity contribution < 1.29 is 14.3 Å². The van der Waals surface area contributed by atoms with Crippen molar-refractivity contribution in [2.24, 2.45) is 0 Å². The molecule has 4 rings (SSSR count). The van der Waals surface area contributed by atoms with Crippen LogP contribution < -0.4 is 14.8 Å². The maximum atomic E-state index is 12.6. The first-order valence-corrected chi connectivity index (χ1v) is 10.7. The van der Waals surface area contributed by atoms with Gasteiger partial charge in [-0.15, -0.1) is 0 Å². The summed E-state index contributed by atoms with van der Waals surface area (Å²) in [6, 6.07) is 20.9. The number of nitrogens with zero attached hydrogens (tertiary/aromatic N) is 3. The van der Waals surface area contributed by atoms with Gasteiger partial charge in [-0.05, 0) is 53.7 Å². The second kappa shape index (κ2) is 10.6. The number of hydrogen-bond donors (Lipinski definition) is 2. The Morgan fingerprint density at radius 2 is 1.88 bits per heavy atom. The molecule has 2 aromatic heterocycles. The lowest BCUT2D eigenvalue weighted by molar-refractivity contribution is -0.121. The highest BCUT2D eigenvalue weighted by Gasteiger charge is 2.13. The molecule has 0 saturated heterocycles.